The van der Waals surface area contributed by atoms with Crippen LogP contribution < -0.4 is 5.32 Å². The van der Waals surface area contributed by atoms with Crippen molar-refractivity contribution in [1.82, 2.24) is 14.9 Å². The van der Waals surface area contributed by atoms with Gasteiger partial charge in [0, 0.05) is 28.8 Å². The molecule has 1 amide bonds. The summed E-state index contributed by atoms with van der Waals surface area (Å²) in [5.74, 6) is 0.0285. The molecule has 0 atom stereocenters. The van der Waals surface area contributed by atoms with Crippen LogP contribution in [0.2, 0.25) is 0 Å². The smallest absolute Gasteiger partial charge is 0.239 e. The van der Waals surface area contributed by atoms with Crippen LogP contribution >= 0.6 is 15.9 Å². The molecule has 0 radical (unpaired) electrons. The van der Waals surface area contributed by atoms with Gasteiger partial charge in [-0.05, 0) is 58.9 Å². The average molecular weight is 403 g/mol. The average Bonchev–Trinajstić information content (AvgIpc) is 2.59. The summed E-state index contributed by atoms with van der Waals surface area (Å²) in [6.45, 7) is 0.665. The predicted molar refractivity (Wildman–Crippen MR) is 98.6 cm³/mol. The minimum Gasteiger partial charge on any atom is -0.310 e. The van der Waals surface area contributed by atoms with Gasteiger partial charge >= 0.3 is 0 Å². The van der Waals surface area contributed by atoms with Gasteiger partial charge in [-0.3, -0.25) is 14.7 Å². The third-order valence-corrected chi connectivity index (χ3v) is 4.12. The highest BCUT2D eigenvalue weighted by molar-refractivity contribution is 9.10. The Morgan fingerprint density at radius 3 is 2.84 bits per heavy atom. The molecule has 0 aliphatic carbocycles. The number of benzene rings is 1. The number of amides is 1. The number of pyridine rings is 2. The second-order valence-corrected chi connectivity index (χ2v) is 6.60. The number of nitrogens with zero attached hydrogens (tertiary/aromatic N) is 3. The van der Waals surface area contributed by atoms with Crippen LogP contribution in [-0.2, 0) is 11.3 Å². The molecule has 5 nitrogen and oxygen atoms in total. The zero-order chi connectivity index (χ0) is 17.8. The molecule has 0 bridgehead atoms. The fraction of sp³-hybridized carbons (Fsp3) is 0.167. The van der Waals surface area contributed by atoms with Gasteiger partial charge in [0.2, 0.25) is 5.91 Å². The zero-order valence-corrected chi connectivity index (χ0v) is 15.1. The van der Waals surface area contributed by atoms with Gasteiger partial charge in [-0.25, -0.2) is 9.37 Å². The number of likely N-dealkylation sites (N-methyl/N-ethyl adjacent to an activating group) is 1. The molecule has 3 aromatic rings. The monoisotopic (exact) mass is 402 g/mol. The van der Waals surface area contributed by atoms with Crippen LogP contribution in [0.4, 0.5) is 10.2 Å². The maximum absolute atomic E-state index is 13.9. The van der Waals surface area contributed by atoms with Crippen LogP contribution in [0, 0.1) is 5.82 Å². The third kappa shape index (κ3) is 4.37. The highest BCUT2D eigenvalue weighted by Crippen LogP contribution is 2.20. The number of anilines is 1. The maximum Gasteiger partial charge on any atom is 0.239 e. The molecule has 7 heteroatoms. The SMILES string of the molecule is CN(CC(=O)Nc1ccc(Br)cn1)Cc1ccc(F)c2cccnc12. The maximum atomic E-state index is 13.9. The predicted octanol–water partition coefficient (Wildman–Crippen LogP) is 3.60. The van der Waals surface area contributed by atoms with Crippen LogP contribution in [-0.4, -0.2) is 34.4 Å². The molecule has 0 unspecified atom stereocenters. The van der Waals surface area contributed by atoms with Gasteiger partial charge in [-0.2, -0.15) is 0 Å². The molecule has 128 valence electrons. The normalized spacial score (nSPS) is 11.0. The Hall–Kier alpha value is -2.38. The Morgan fingerprint density at radius 1 is 1.24 bits per heavy atom. The van der Waals surface area contributed by atoms with E-state index in [0.717, 1.165) is 10.0 Å². The topological polar surface area (TPSA) is 58.1 Å². The van der Waals surface area contributed by atoms with Crippen molar-refractivity contribution in [1.29, 1.82) is 0 Å². The van der Waals surface area contributed by atoms with Gasteiger partial charge < -0.3 is 5.32 Å². The first-order valence-corrected chi connectivity index (χ1v) is 8.44. The van der Waals surface area contributed by atoms with Crippen molar-refractivity contribution >= 4 is 38.6 Å². The van der Waals surface area contributed by atoms with Gasteiger partial charge in [0.15, 0.2) is 0 Å². The van der Waals surface area contributed by atoms with E-state index in [4.69, 9.17) is 0 Å². The summed E-state index contributed by atoms with van der Waals surface area (Å²) in [7, 11) is 1.83. The summed E-state index contributed by atoms with van der Waals surface area (Å²) in [6, 6.07) is 10.1. The molecule has 0 aliphatic rings. The molecular weight excluding hydrogens is 387 g/mol. The van der Waals surface area contributed by atoms with Crippen LogP contribution in [0.25, 0.3) is 10.9 Å². The number of hydrogen-bond donors (Lipinski definition) is 1. The van der Waals surface area contributed by atoms with Gasteiger partial charge in [-0.15, -0.1) is 0 Å². The fourth-order valence-electron chi connectivity index (χ4n) is 2.55. The van der Waals surface area contributed by atoms with Crippen molar-refractivity contribution in [3.63, 3.8) is 0 Å². The molecule has 2 aromatic heterocycles. The summed E-state index contributed by atoms with van der Waals surface area (Å²) in [5.41, 5.74) is 1.48. The molecule has 0 fully saturated rings. The minimum absolute atomic E-state index is 0.170. The van der Waals surface area contributed by atoms with Crippen molar-refractivity contribution in [2.75, 3.05) is 18.9 Å². The molecule has 0 saturated carbocycles. The van der Waals surface area contributed by atoms with Crippen molar-refractivity contribution in [2.24, 2.45) is 0 Å². The number of carbonyl (C=O) groups excluding carboxylic acids is 1. The lowest BCUT2D eigenvalue weighted by molar-refractivity contribution is -0.117. The Balaban J connectivity index is 1.66. The fourth-order valence-corrected chi connectivity index (χ4v) is 2.78. The van der Waals surface area contributed by atoms with E-state index in [1.54, 1.807) is 36.7 Å². The van der Waals surface area contributed by atoms with Gasteiger partial charge in [0.25, 0.3) is 0 Å². The standard InChI is InChI=1S/C18H16BrFN4O/c1-24(11-17(25)23-16-7-5-13(19)9-22-16)10-12-4-6-15(20)14-3-2-8-21-18(12)14/h2-9H,10-11H2,1H3,(H,22,23,25). The molecule has 1 aromatic carbocycles. The van der Waals surface area contributed by atoms with Crippen LogP contribution in [0.5, 0.6) is 0 Å². The molecule has 3 rings (SSSR count). The van der Waals surface area contributed by atoms with E-state index in [9.17, 15) is 9.18 Å². The summed E-state index contributed by atoms with van der Waals surface area (Å²) >= 11 is 3.30. The number of aromatic nitrogens is 2. The van der Waals surface area contributed by atoms with Crippen LogP contribution in [0.1, 0.15) is 5.56 Å². The number of carbonyl (C=O) groups is 1. The lowest BCUT2D eigenvalue weighted by Gasteiger charge is -2.17. The highest BCUT2D eigenvalue weighted by atomic mass is 79.9. The number of hydrogen-bond acceptors (Lipinski definition) is 4. The van der Waals surface area contributed by atoms with Gasteiger partial charge in [0.1, 0.15) is 11.6 Å². The number of rotatable bonds is 5. The zero-order valence-electron chi connectivity index (χ0n) is 13.5. The van der Waals surface area contributed by atoms with E-state index in [2.05, 4.69) is 31.2 Å². The molecule has 0 spiro atoms. The van der Waals surface area contributed by atoms with Crippen LogP contribution in [0.15, 0.2) is 53.3 Å². The number of nitrogens with one attached hydrogen (secondary N) is 1. The second kappa shape index (κ2) is 7.67. The van der Waals surface area contributed by atoms with E-state index in [0.29, 0.717) is 23.3 Å². The molecule has 25 heavy (non-hydrogen) atoms. The molecule has 2 heterocycles. The summed E-state index contributed by atoms with van der Waals surface area (Å²) in [4.78, 5) is 22.4. The molecule has 0 saturated heterocycles. The second-order valence-electron chi connectivity index (χ2n) is 5.69. The van der Waals surface area contributed by atoms with Crippen molar-refractivity contribution in [2.45, 2.75) is 6.54 Å². The van der Waals surface area contributed by atoms with Gasteiger partial charge in [0.05, 0.1) is 12.1 Å². The van der Waals surface area contributed by atoms with Crippen molar-refractivity contribution in [3.8, 4) is 0 Å². The highest BCUT2D eigenvalue weighted by Gasteiger charge is 2.12. The van der Waals surface area contributed by atoms with Gasteiger partial charge in [-0.1, -0.05) is 6.07 Å². The molecule has 0 aliphatic heterocycles. The Labute approximate surface area is 153 Å². The minimum atomic E-state index is -0.298. The van der Waals surface area contributed by atoms with E-state index >= 15 is 0 Å². The lowest BCUT2D eigenvalue weighted by Crippen LogP contribution is -2.30. The number of fused-ring (bicyclic) bond motifs is 1. The first kappa shape index (κ1) is 17.4. The molecule has 1 N–H and O–H groups in total. The lowest BCUT2D eigenvalue weighted by atomic mass is 10.1. The third-order valence-electron chi connectivity index (χ3n) is 3.65. The van der Waals surface area contributed by atoms with E-state index in [-0.39, 0.29) is 18.3 Å². The van der Waals surface area contributed by atoms with E-state index in [1.807, 2.05) is 18.0 Å². The van der Waals surface area contributed by atoms with Crippen LogP contribution in [0.3, 0.4) is 0 Å². The van der Waals surface area contributed by atoms with E-state index in [1.165, 1.54) is 6.07 Å². The Bertz CT molecular complexity index is 901. The first-order valence-electron chi connectivity index (χ1n) is 7.65. The summed E-state index contributed by atoms with van der Waals surface area (Å²) in [5, 5.41) is 3.23. The molecular formula is C18H16BrFN4O. The van der Waals surface area contributed by atoms with E-state index < -0.39 is 0 Å². The Kier molecular flexibility index (Phi) is 5.35. The summed E-state index contributed by atoms with van der Waals surface area (Å²) in [6.07, 6.45) is 3.26. The first-order chi connectivity index (χ1) is 12.0. The quantitative estimate of drug-likeness (QED) is 0.708. The Morgan fingerprint density at radius 2 is 2.08 bits per heavy atom. The largest absolute Gasteiger partial charge is 0.310 e. The summed E-state index contributed by atoms with van der Waals surface area (Å²) < 4.78 is 14.7. The van der Waals surface area contributed by atoms with Crippen molar-refractivity contribution in [3.05, 3.63) is 64.6 Å². The number of halogens is 2. The van der Waals surface area contributed by atoms with Crippen molar-refractivity contribution < 1.29 is 9.18 Å².